The van der Waals surface area contributed by atoms with Crippen LogP contribution in [0.4, 0.5) is 0 Å². The van der Waals surface area contributed by atoms with Gasteiger partial charge in [-0.15, -0.1) is 0 Å². The highest BCUT2D eigenvalue weighted by Gasteiger charge is 2.34. The van der Waals surface area contributed by atoms with Crippen molar-refractivity contribution in [1.82, 2.24) is 4.72 Å². The number of sulfonamides is 1. The van der Waals surface area contributed by atoms with Gasteiger partial charge in [0.2, 0.25) is 10.0 Å². The highest BCUT2D eigenvalue weighted by Crippen LogP contribution is 2.38. The molecule has 1 aliphatic rings. The van der Waals surface area contributed by atoms with Crippen LogP contribution in [0.3, 0.4) is 0 Å². The summed E-state index contributed by atoms with van der Waals surface area (Å²) in [6.07, 6.45) is 3.41. The highest BCUT2D eigenvalue weighted by molar-refractivity contribution is 7.89. The van der Waals surface area contributed by atoms with Gasteiger partial charge in [0.15, 0.2) is 0 Å². The second kappa shape index (κ2) is 5.25. The first-order chi connectivity index (χ1) is 8.79. The number of hydrogen-bond acceptors (Lipinski definition) is 2. The zero-order valence-corrected chi connectivity index (χ0v) is 12.7. The molecule has 4 heteroatoms. The molecule has 1 N–H and O–H groups in total. The lowest BCUT2D eigenvalue weighted by Crippen LogP contribution is -2.43. The van der Waals surface area contributed by atoms with E-state index >= 15 is 0 Å². The third kappa shape index (κ3) is 4.05. The van der Waals surface area contributed by atoms with Crippen LogP contribution in [0.25, 0.3) is 0 Å². The van der Waals surface area contributed by atoms with Crippen LogP contribution in [0.5, 0.6) is 0 Å². The van der Waals surface area contributed by atoms with Crippen LogP contribution in [0, 0.1) is 11.3 Å². The summed E-state index contributed by atoms with van der Waals surface area (Å²) in [5.41, 5.74) is -0.0650. The van der Waals surface area contributed by atoms with Crippen molar-refractivity contribution in [1.29, 1.82) is 0 Å². The van der Waals surface area contributed by atoms with Crippen molar-refractivity contribution < 1.29 is 8.42 Å². The van der Waals surface area contributed by atoms with Gasteiger partial charge in [-0.2, -0.15) is 0 Å². The zero-order chi connectivity index (χ0) is 14.1. The fourth-order valence-electron chi connectivity index (χ4n) is 2.12. The lowest BCUT2D eigenvalue weighted by atomic mass is 9.84. The average Bonchev–Trinajstić information content (AvgIpc) is 3.12. The Balaban J connectivity index is 2.16. The first kappa shape index (κ1) is 14.5. The van der Waals surface area contributed by atoms with Crippen LogP contribution in [0.15, 0.2) is 35.2 Å². The standard InChI is InChI=1S/C15H23NO2S/c1-15(2,3)14(11-12-9-10-12)16-19(17,18)13-7-5-4-6-8-13/h4-8,12,14,16H,9-11H2,1-3H3. The molecule has 1 atom stereocenters. The molecule has 1 aromatic carbocycles. The largest absolute Gasteiger partial charge is 0.240 e. The molecule has 3 nitrogen and oxygen atoms in total. The van der Waals surface area contributed by atoms with Gasteiger partial charge >= 0.3 is 0 Å². The predicted molar refractivity (Wildman–Crippen MR) is 77.3 cm³/mol. The molecule has 0 aromatic heterocycles. The van der Waals surface area contributed by atoms with Gasteiger partial charge in [0.25, 0.3) is 0 Å². The summed E-state index contributed by atoms with van der Waals surface area (Å²) in [7, 11) is -3.41. The van der Waals surface area contributed by atoms with E-state index in [1.807, 2.05) is 6.07 Å². The van der Waals surface area contributed by atoms with Crippen LogP contribution in [0.1, 0.15) is 40.0 Å². The van der Waals surface area contributed by atoms with Gasteiger partial charge in [0.05, 0.1) is 4.90 Å². The van der Waals surface area contributed by atoms with E-state index in [-0.39, 0.29) is 11.5 Å². The van der Waals surface area contributed by atoms with E-state index in [0.717, 1.165) is 6.42 Å². The minimum atomic E-state index is -3.41. The maximum absolute atomic E-state index is 12.4. The van der Waals surface area contributed by atoms with Crippen molar-refractivity contribution in [2.45, 2.75) is 51.0 Å². The molecule has 0 aliphatic heterocycles. The van der Waals surface area contributed by atoms with Crippen molar-refractivity contribution in [3.8, 4) is 0 Å². The second-order valence-electron chi connectivity index (χ2n) is 6.53. The molecule has 1 aliphatic carbocycles. The molecule has 106 valence electrons. The molecule has 0 amide bonds. The quantitative estimate of drug-likeness (QED) is 0.901. The fourth-order valence-corrected chi connectivity index (χ4v) is 3.60. The number of hydrogen-bond donors (Lipinski definition) is 1. The Bertz CT molecular complexity index is 513. The van der Waals surface area contributed by atoms with Crippen LogP contribution in [-0.2, 0) is 10.0 Å². The van der Waals surface area contributed by atoms with Crippen molar-refractivity contribution in [2.75, 3.05) is 0 Å². The molecule has 0 spiro atoms. The molecule has 0 radical (unpaired) electrons. The maximum atomic E-state index is 12.4. The lowest BCUT2D eigenvalue weighted by molar-refractivity contribution is 0.275. The van der Waals surface area contributed by atoms with E-state index in [0.29, 0.717) is 10.8 Å². The highest BCUT2D eigenvalue weighted by atomic mass is 32.2. The summed E-state index contributed by atoms with van der Waals surface area (Å²) in [5, 5.41) is 0. The Morgan fingerprint density at radius 1 is 1.21 bits per heavy atom. The van der Waals surface area contributed by atoms with Crippen molar-refractivity contribution in [3.63, 3.8) is 0 Å². The molecule has 1 unspecified atom stereocenters. The van der Waals surface area contributed by atoms with Crippen molar-refractivity contribution in [3.05, 3.63) is 30.3 Å². The molecule has 1 fully saturated rings. The van der Waals surface area contributed by atoms with E-state index in [1.54, 1.807) is 24.3 Å². The molecule has 19 heavy (non-hydrogen) atoms. The number of rotatable bonds is 5. The van der Waals surface area contributed by atoms with Gasteiger partial charge < -0.3 is 0 Å². The molecule has 0 heterocycles. The Morgan fingerprint density at radius 2 is 1.79 bits per heavy atom. The van der Waals surface area contributed by atoms with Gasteiger partial charge in [-0.3, -0.25) is 0 Å². The van der Waals surface area contributed by atoms with Crippen LogP contribution < -0.4 is 4.72 Å². The van der Waals surface area contributed by atoms with Crippen LogP contribution in [-0.4, -0.2) is 14.5 Å². The zero-order valence-electron chi connectivity index (χ0n) is 11.9. The summed E-state index contributed by atoms with van der Waals surface area (Å²) in [5.74, 6) is 0.697. The fraction of sp³-hybridized carbons (Fsp3) is 0.600. The first-order valence-corrected chi connectivity index (χ1v) is 8.35. The molecule has 1 aromatic rings. The van der Waals surface area contributed by atoms with Crippen LogP contribution in [0.2, 0.25) is 0 Å². The van der Waals surface area contributed by atoms with Gasteiger partial charge in [0.1, 0.15) is 0 Å². The summed E-state index contributed by atoms with van der Waals surface area (Å²) in [4.78, 5) is 0.347. The van der Waals surface area contributed by atoms with E-state index < -0.39 is 10.0 Å². The number of nitrogens with one attached hydrogen (secondary N) is 1. The Hall–Kier alpha value is -0.870. The third-order valence-corrected chi connectivity index (χ3v) is 5.15. The number of benzene rings is 1. The monoisotopic (exact) mass is 281 g/mol. The summed E-state index contributed by atoms with van der Waals surface area (Å²) in [6, 6.07) is 8.59. The minimum Gasteiger partial charge on any atom is -0.208 e. The Morgan fingerprint density at radius 3 is 2.26 bits per heavy atom. The van der Waals surface area contributed by atoms with Gasteiger partial charge in [0, 0.05) is 6.04 Å². The second-order valence-corrected chi connectivity index (χ2v) is 8.25. The summed E-state index contributed by atoms with van der Waals surface area (Å²) < 4.78 is 27.7. The predicted octanol–water partition coefficient (Wildman–Crippen LogP) is 3.18. The van der Waals surface area contributed by atoms with Crippen molar-refractivity contribution in [2.24, 2.45) is 11.3 Å². The lowest BCUT2D eigenvalue weighted by Gasteiger charge is -2.31. The van der Waals surface area contributed by atoms with E-state index in [1.165, 1.54) is 12.8 Å². The maximum Gasteiger partial charge on any atom is 0.240 e. The summed E-state index contributed by atoms with van der Waals surface area (Å²) in [6.45, 7) is 6.27. The molecule has 1 saturated carbocycles. The van der Waals surface area contributed by atoms with Gasteiger partial charge in [-0.05, 0) is 29.9 Å². The van der Waals surface area contributed by atoms with E-state index in [4.69, 9.17) is 0 Å². The molecular formula is C15H23NO2S. The molecule has 0 saturated heterocycles. The topological polar surface area (TPSA) is 46.2 Å². The SMILES string of the molecule is CC(C)(C)C(CC1CC1)NS(=O)(=O)c1ccccc1. The van der Waals surface area contributed by atoms with Crippen LogP contribution >= 0.6 is 0 Å². The third-order valence-electron chi connectivity index (χ3n) is 3.66. The molecular weight excluding hydrogens is 258 g/mol. The van der Waals surface area contributed by atoms with Gasteiger partial charge in [-0.25, -0.2) is 13.1 Å². The Kier molecular flexibility index (Phi) is 4.02. The Labute approximate surface area is 116 Å². The van der Waals surface area contributed by atoms with E-state index in [9.17, 15) is 8.42 Å². The molecule has 2 rings (SSSR count). The molecule has 0 bridgehead atoms. The smallest absolute Gasteiger partial charge is 0.208 e. The van der Waals surface area contributed by atoms with E-state index in [2.05, 4.69) is 25.5 Å². The minimum absolute atomic E-state index is 0.00907. The summed E-state index contributed by atoms with van der Waals surface area (Å²) >= 11 is 0. The average molecular weight is 281 g/mol. The van der Waals surface area contributed by atoms with Gasteiger partial charge in [-0.1, -0.05) is 51.8 Å². The normalized spacial score (nSPS) is 18.3. The first-order valence-electron chi connectivity index (χ1n) is 6.86. The van der Waals surface area contributed by atoms with Crippen molar-refractivity contribution >= 4 is 10.0 Å².